The standard InChI is InChI=1S/C17H20FNO3/c18-13-5-1-10(2-6-13)7-8-19-16(20)14-11-3-4-12(9-11)15(14)17(21)22/h1-2,5-6,11-12,14-15H,3-4,7-9H2,(H,19,20)(H,21,22)/t11-,12+,14-,15-/m0/s1. The number of aliphatic carboxylic acids is 1. The van der Waals surface area contributed by atoms with Crippen molar-refractivity contribution in [1.82, 2.24) is 5.32 Å². The summed E-state index contributed by atoms with van der Waals surface area (Å²) in [7, 11) is 0. The van der Waals surface area contributed by atoms with E-state index >= 15 is 0 Å². The van der Waals surface area contributed by atoms with Gasteiger partial charge in [0.2, 0.25) is 5.91 Å². The summed E-state index contributed by atoms with van der Waals surface area (Å²) in [5.74, 6) is -1.78. The molecule has 2 N–H and O–H groups in total. The number of carbonyl (C=O) groups is 2. The molecule has 0 aliphatic heterocycles. The number of benzene rings is 1. The summed E-state index contributed by atoms with van der Waals surface area (Å²) in [4.78, 5) is 23.8. The molecule has 2 saturated carbocycles. The first-order valence-electron chi connectivity index (χ1n) is 7.81. The Morgan fingerprint density at radius 3 is 2.41 bits per heavy atom. The summed E-state index contributed by atoms with van der Waals surface area (Å²) in [6.07, 6.45) is 3.38. The van der Waals surface area contributed by atoms with E-state index in [-0.39, 0.29) is 29.5 Å². The van der Waals surface area contributed by atoms with Crippen molar-refractivity contribution >= 4 is 11.9 Å². The van der Waals surface area contributed by atoms with E-state index in [4.69, 9.17) is 0 Å². The minimum Gasteiger partial charge on any atom is -0.481 e. The maximum Gasteiger partial charge on any atom is 0.307 e. The zero-order chi connectivity index (χ0) is 15.7. The molecule has 1 aromatic carbocycles. The van der Waals surface area contributed by atoms with Crippen LogP contribution in [0.1, 0.15) is 24.8 Å². The van der Waals surface area contributed by atoms with Crippen molar-refractivity contribution in [2.75, 3.05) is 6.54 Å². The van der Waals surface area contributed by atoms with Crippen LogP contribution in [0.5, 0.6) is 0 Å². The van der Waals surface area contributed by atoms with Crippen molar-refractivity contribution in [3.63, 3.8) is 0 Å². The number of carboxylic acids is 1. The van der Waals surface area contributed by atoms with Crippen LogP contribution in [0, 0.1) is 29.5 Å². The molecule has 2 aliphatic carbocycles. The highest BCUT2D eigenvalue weighted by atomic mass is 19.1. The summed E-state index contributed by atoms with van der Waals surface area (Å²) in [6.45, 7) is 0.449. The molecule has 4 atom stereocenters. The second-order valence-corrected chi connectivity index (χ2v) is 6.39. The summed E-state index contributed by atoms with van der Waals surface area (Å²) in [5, 5.41) is 12.2. The number of carbonyl (C=O) groups excluding carboxylic acids is 1. The lowest BCUT2D eigenvalue weighted by Gasteiger charge is -2.27. The predicted octanol–water partition coefficient (Wildman–Crippen LogP) is 2.23. The Kier molecular flexibility index (Phi) is 4.14. The highest BCUT2D eigenvalue weighted by Crippen LogP contribution is 2.52. The fourth-order valence-corrected chi connectivity index (χ4v) is 4.12. The van der Waals surface area contributed by atoms with Gasteiger partial charge in [0.1, 0.15) is 5.82 Å². The summed E-state index contributed by atoms with van der Waals surface area (Å²) in [5.41, 5.74) is 0.949. The summed E-state index contributed by atoms with van der Waals surface area (Å²) >= 11 is 0. The van der Waals surface area contributed by atoms with E-state index in [9.17, 15) is 19.1 Å². The van der Waals surface area contributed by atoms with Crippen LogP contribution in [0.2, 0.25) is 0 Å². The average Bonchev–Trinajstić information content (AvgIpc) is 3.09. The van der Waals surface area contributed by atoms with Gasteiger partial charge in [0.15, 0.2) is 0 Å². The molecule has 118 valence electrons. The van der Waals surface area contributed by atoms with Crippen molar-refractivity contribution in [3.05, 3.63) is 35.6 Å². The number of amides is 1. The minimum atomic E-state index is -0.842. The zero-order valence-electron chi connectivity index (χ0n) is 12.3. The summed E-state index contributed by atoms with van der Waals surface area (Å²) < 4.78 is 12.8. The summed E-state index contributed by atoms with van der Waals surface area (Å²) in [6, 6.07) is 6.18. The molecule has 4 nitrogen and oxygen atoms in total. The second kappa shape index (κ2) is 6.07. The van der Waals surface area contributed by atoms with Crippen LogP contribution in [0.25, 0.3) is 0 Å². The van der Waals surface area contributed by atoms with Gasteiger partial charge in [0.25, 0.3) is 0 Å². The van der Waals surface area contributed by atoms with E-state index < -0.39 is 11.9 Å². The fourth-order valence-electron chi connectivity index (χ4n) is 4.12. The third kappa shape index (κ3) is 2.85. The van der Waals surface area contributed by atoms with Crippen LogP contribution in [0.15, 0.2) is 24.3 Å². The number of hydrogen-bond donors (Lipinski definition) is 2. The van der Waals surface area contributed by atoms with E-state index in [1.807, 2.05) is 0 Å². The lowest BCUT2D eigenvalue weighted by atomic mass is 9.78. The van der Waals surface area contributed by atoms with Crippen molar-refractivity contribution in [1.29, 1.82) is 0 Å². The van der Waals surface area contributed by atoms with E-state index in [0.717, 1.165) is 24.8 Å². The molecule has 0 spiro atoms. The maximum atomic E-state index is 12.8. The lowest BCUT2D eigenvalue weighted by Crippen LogP contribution is -2.41. The van der Waals surface area contributed by atoms with Crippen LogP contribution in [-0.4, -0.2) is 23.5 Å². The van der Waals surface area contributed by atoms with Gasteiger partial charge in [-0.1, -0.05) is 12.1 Å². The molecule has 0 heterocycles. The quantitative estimate of drug-likeness (QED) is 0.876. The first-order chi connectivity index (χ1) is 10.6. The third-order valence-corrected chi connectivity index (χ3v) is 5.13. The molecule has 0 saturated heterocycles. The van der Waals surface area contributed by atoms with Crippen LogP contribution in [0.4, 0.5) is 4.39 Å². The van der Waals surface area contributed by atoms with Gasteiger partial charge in [0.05, 0.1) is 11.8 Å². The minimum absolute atomic E-state index is 0.137. The van der Waals surface area contributed by atoms with E-state index in [2.05, 4.69) is 5.32 Å². The number of hydrogen-bond acceptors (Lipinski definition) is 2. The first kappa shape index (κ1) is 15.0. The number of halogens is 1. The highest BCUT2D eigenvalue weighted by Gasteiger charge is 2.53. The zero-order valence-corrected chi connectivity index (χ0v) is 12.3. The topological polar surface area (TPSA) is 66.4 Å². The SMILES string of the molecule is O=C(O)[C@H]1[C@@H]2CC[C@@H](C2)[C@@H]1C(=O)NCCc1ccc(F)cc1. The van der Waals surface area contributed by atoms with Crippen molar-refractivity contribution in [2.45, 2.75) is 25.7 Å². The maximum absolute atomic E-state index is 12.8. The van der Waals surface area contributed by atoms with E-state index in [1.54, 1.807) is 12.1 Å². The average molecular weight is 305 g/mol. The largest absolute Gasteiger partial charge is 0.481 e. The van der Waals surface area contributed by atoms with Gasteiger partial charge >= 0.3 is 5.97 Å². The van der Waals surface area contributed by atoms with Crippen molar-refractivity contribution in [3.8, 4) is 0 Å². The van der Waals surface area contributed by atoms with Crippen molar-refractivity contribution in [2.24, 2.45) is 23.7 Å². The van der Waals surface area contributed by atoms with Gasteiger partial charge in [-0.15, -0.1) is 0 Å². The second-order valence-electron chi connectivity index (χ2n) is 6.39. The monoisotopic (exact) mass is 305 g/mol. The van der Waals surface area contributed by atoms with Crippen LogP contribution in [0.3, 0.4) is 0 Å². The Hall–Kier alpha value is -1.91. The smallest absolute Gasteiger partial charge is 0.307 e. The van der Waals surface area contributed by atoms with Crippen LogP contribution in [-0.2, 0) is 16.0 Å². The van der Waals surface area contributed by atoms with Gasteiger partial charge in [-0.3, -0.25) is 9.59 Å². The van der Waals surface area contributed by atoms with Crippen LogP contribution >= 0.6 is 0 Å². The van der Waals surface area contributed by atoms with Crippen molar-refractivity contribution < 1.29 is 19.1 Å². The Bertz CT molecular complexity index is 572. The number of nitrogens with one attached hydrogen (secondary N) is 1. The van der Waals surface area contributed by atoms with E-state index in [1.165, 1.54) is 12.1 Å². The molecular weight excluding hydrogens is 285 g/mol. The molecule has 3 rings (SSSR count). The van der Waals surface area contributed by atoms with Crippen LogP contribution < -0.4 is 5.32 Å². The third-order valence-electron chi connectivity index (χ3n) is 5.13. The molecule has 5 heteroatoms. The number of carboxylic acid groups (broad SMARTS) is 1. The van der Waals surface area contributed by atoms with Gasteiger partial charge in [-0.25, -0.2) is 4.39 Å². The Morgan fingerprint density at radius 1 is 1.14 bits per heavy atom. The van der Waals surface area contributed by atoms with Gasteiger partial charge in [-0.2, -0.15) is 0 Å². The first-order valence-corrected chi connectivity index (χ1v) is 7.81. The highest BCUT2D eigenvalue weighted by molar-refractivity contribution is 5.86. The molecule has 2 bridgehead atoms. The van der Waals surface area contributed by atoms with Gasteiger partial charge in [0, 0.05) is 6.54 Å². The molecule has 2 aliphatic rings. The Labute approximate surface area is 128 Å². The molecule has 1 aromatic rings. The molecule has 0 radical (unpaired) electrons. The molecule has 2 fully saturated rings. The molecule has 1 amide bonds. The Morgan fingerprint density at radius 2 is 1.77 bits per heavy atom. The molecule has 0 unspecified atom stereocenters. The molecule has 0 aromatic heterocycles. The molecule has 22 heavy (non-hydrogen) atoms. The van der Waals surface area contributed by atoms with Gasteiger partial charge < -0.3 is 10.4 Å². The lowest BCUT2D eigenvalue weighted by molar-refractivity contribution is -0.149. The number of rotatable bonds is 5. The fraction of sp³-hybridized carbons (Fsp3) is 0.529. The molecular formula is C17H20FNO3. The Balaban J connectivity index is 1.55. The predicted molar refractivity (Wildman–Crippen MR) is 78.6 cm³/mol. The normalized spacial score (nSPS) is 29.5. The van der Waals surface area contributed by atoms with Gasteiger partial charge in [-0.05, 0) is 55.2 Å². The number of fused-ring (bicyclic) bond motifs is 2. The van der Waals surface area contributed by atoms with E-state index in [0.29, 0.717) is 13.0 Å².